The Kier molecular flexibility index (Phi) is 5.56. The van der Waals surface area contributed by atoms with Gasteiger partial charge in [-0.2, -0.15) is 0 Å². The lowest BCUT2D eigenvalue weighted by Gasteiger charge is -2.08. The summed E-state index contributed by atoms with van der Waals surface area (Å²) >= 11 is 0. The van der Waals surface area contributed by atoms with Crippen molar-refractivity contribution in [3.8, 4) is 0 Å². The first-order valence-electron chi connectivity index (χ1n) is 9.85. The van der Waals surface area contributed by atoms with Crippen LogP contribution >= 0.6 is 0 Å². The van der Waals surface area contributed by atoms with Crippen molar-refractivity contribution in [2.24, 2.45) is 10.7 Å². The number of nitrogens with zero attached hydrogens (tertiary/aromatic N) is 3. The van der Waals surface area contributed by atoms with Crippen LogP contribution < -0.4 is 11.1 Å². The van der Waals surface area contributed by atoms with E-state index in [4.69, 9.17) is 5.73 Å². The molecule has 0 amide bonds. The van der Waals surface area contributed by atoms with Crippen LogP contribution in [0, 0.1) is 0 Å². The first kappa shape index (κ1) is 18.7. The Hall–Kier alpha value is -3.60. The Morgan fingerprint density at radius 1 is 0.966 bits per heavy atom. The van der Waals surface area contributed by atoms with Gasteiger partial charge in [0.05, 0.1) is 23.9 Å². The SMILES string of the molecule is CCc1cccc(NC(N)=NCc2ccc(Cn3cnc4ccccc43)cc2)c1. The van der Waals surface area contributed by atoms with Crippen LogP contribution in [0.25, 0.3) is 11.0 Å². The summed E-state index contributed by atoms with van der Waals surface area (Å²) in [5.41, 5.74) is 12.8. The minimum atomic E-state index is 0.423. The lowest BCUT2D eigenvalue weighted by atomic mass is 10.1. The van der Waals surface area contributed by atoms with Gasteiger partial charge in [0.15, 0.2) is 5.96 Å². The van der Waals surface area contributed by atoms with E-state index in [0.29, 0.717) is 12.5 Å². The molecule has 0 unspecified atom stereocenters. The number of hydrogen-bond donors (Lipinski definition) is 2. The maximum Gasteiger partial charge on any atom is 0.193 e. The number of anilines is 1. The molecule has 5 heteroatoms. The van der Waals surface area contributed by atoms with Crippen molar-refractivity contribution in [2.75, 3.05) is 5.32 Å². The lowest BCUT2D eigenvalue weighted by Crippen LogP contribution is -2.22. The molecule has 0 spiro atoms. The number of hydrogen-bond acceptors (Lipinski definition) is 2. The monoisotopic (exact) mass is 383 g/mol. The van der Waals surface area contributed by atoms with Crippen molar-refractivity contribution in [1.82, 2.24) is 9.55 Å². The van der Waals surface area contributed by atoms with Gasteiger partial charge in [-0.25, -0.2) is 9.98 Å². The molecule has 3 aromatic carbocycles. The third-order valence-corrected chi connectivity index (χ3v) is 4.94. The number of guanidine groups is 1. The molecule has 29 heavy (non-hydrogen) atoms. The number of rotatable bonds is 6. The molecule has 0 aliphatic carbocycles. The van der Waals surface area contributed by atoms with Gasteiger partial charge >= 0.3 is 0 Å². The minimum Gasteiger partial charge on any atom is -0.370 e. The fourth-order valence-electron chi connectivity index (χ4n) is 3.32. The molecule has 0 aliphatic heterocycles. The molecule has 1 heterocycles. The zero-order valence-electron chi connectivity index (χ0n) is 16.5. The summed E-state index contributed by atoms with van der Waals surface area (Å²) in [6.07, 6.45) is 2.89. The number of benzene rings is 3. The molecule has 4 aromatic rings. The van der Waals surface area contributed by atoms with E-state index in [0.717, 1.165) is 35.2 Å². The van der Waals surface area contributed by atoms with Crippen LogP contribution in [0.4, 0.5) is 5.69 Å². The van der Waals surface area contributed by atoms with E-state index in [-0.39, 0.29) is 0 Å². The summed E-state index contributed by atoms with van der Waals surface area (Å²) in [5, 5.41) is 3.16. The van der Waals surface area contributed by atoms with Crippen molar-refractivity contribution in [2.45, 2.75) is 26.4 Å². The molecular formula is C24H25N5. The second-order valence-corrected chi connectivity index (χ2v) is 7.06. The fraction of sp³-hybridized carbons (Fsp3) is 0.167. The van der Waals surface area contributed by atoms with Crippen molar-refractivity contribution in [1.29, 1.82) is 0 Å². The number of aliphatic imine (C=N–C) groups is 1. The van der Waals surface area contributed by atoms with Gasteiger partial charge < -0.3 is 15.6 Å². The van der Waals surface area contributed by atoms with Gasteiger partial charge in [-0.05, 0) is 47.4 Å². The van der Waals surface area contributed by atoms with Crippen molar-refractivity contribution < 1.29 is 0 Å². The smallest absolute Gasteiger partial charge is 0.193 e. The van der Waals surface area contributed by atoms with Crippen LogP contribution in [0.5, 0.6) is 0 Å². The number of aromatic nitrogens is 2. The van der Waals surface area contributed by atoms with E-state index in [9.17, 15) is 0 Å². The van der Waals surface area contributed by atoms with Crippen LogP contribution in [0.15, 0.2) is 84.1 Å². The van der Waals surface area contributed by atoms with Crippen LogP contribution in [-0.2, 0) is 19.5 Å². The van der Waals surface area contributed by atoms with E-state index < -0.39 is 0 Å². The van der Waals surface area contributed by atoms with Gasteiger partial charge in [-0.15, -0.1) is 0 Å². The van der Waals surface area contributed by atoms with Gasteiger partial charge in [0, 0.05) is 12.2 Å². The maximum absolute atomic E-state index is 6.05. The predicted octanol–water partition coefficient (Wildman–Crippen LogP) is 4.57. The molecule has 0 radical (unpaired) electrons. The van der Waals surface area contributed by atoms with E-state index >= 15 is 0 Å². The molecule has 3 N–H and O–H groups in total. The molecule has 0 fully saturated rings. The third-order valence-electron chi connectivity index (χ3n) is 4.94. The highest BCUT2D eigenvalue weighted by Crippen LogP contribution is 2.15. The zero-order valence-corrected chi connectivity index (χ0v) is 16.5. The zero-order chi connectivity index (χ0) is 20.1. The number of nitrogens with two attached hydrogens (primary N) is 1. The standard InChI is InChI=1S/C24H25N5/c1-2-18-6-5-7-21(14-18)28-24(25)26-15-19-10-12-20(13-11-19)16-29-17-27-22-8-3-4-9-23(22)29/h3-14,17H,2,15-16H2,1H3,(H3,25,26,28). The number of aryl methyl sites for hydroxylation is 1. The molecule has 0 atom stereocenters. The highest BCUT2D eigenvalue weighted by Gasteiger charge is 2.03. The quantitative estimate of drug-likeness (QED) is 0.378. The maximum atomic E-state index is 6.05. The molecule has 5 nitrogen and oxygen atoms in total. The van der Waals surface area contributed by atoms with Crippen LogP contribution in [0.2, 0.25) is 0 Å². The van der Waals surface area contributed by atoms with Crippen LogP contribution in [0.3, 0.4) is 0 Å². The van der Waals surface area contributed by atoms with Gasteiger partial charge in [0.1, 0.15) is 0 Å². The molecule has 0 bridgehead atoms. The van der Waals surface area contributed by atoms with E-state index in [2.05, 4.69) is 69.2 Å². The Morgan fingerprint density at radius 2 is 1.76 bits per heavy atom. The summed E-state index contributed by atoms with van der Waals surface area (Å²) < 4.78 is 2.16. The van der Waals surface area contributed by atoms with Gasteiger partial charge in [0.2, 0.25) is 0 Å². The average Bonchev–Trinajstić information content (AvgIpc) is 3.16. The van der Waals surface area contributed by atoms with Crippen LogP contribution in [0.1, 0.15) is 23.6 Å². The predicted molar refractivity (Wildman–Crippen MR) is 120 cm³/mol. The number of imidazole rings is 1. The van der Waals surface area contributed by atoms with E-state index in [1.165, 1.54) is 11.1 Å². The summed E-state index contributed by atoms with van der Waals surface area (Å²) in [4.78, 5) is 8.91. The molecule has 4 rings (SSSR count). The molecule has 0 saturated carbocycles. The van der Waals surface area contributed by atoms with Crippen molar-refractivity contribution in [3.05, 3.63) is 95.8 Å². The average molecular weight is 383 g/mol. The normalized spacial score (nSPS) is 11.7. The summed E-state index contributed by atoms with van der Waals surface area (Å²) in [7, 11) is 0. The molecule has 0 aliphatic rings. The topological polar surface area (TPSA) is 68.2 Å². The number of nitrogens with one attached hydrogen (secondary N) is 1. The molecule has 1 aromatic heterocycles. The second-order valence-electron chi connectivity index (χ2n) is 7.06. The molecule has 0 saturated heterocycles. The Balaban J connectivity index is 1.38. The lowest BCUT2D eigenvalue weighted by molar-refractivity contribution is 0.823. The van der Waals surface area contributed by atoms with Crippen molar-refractivity contribution in [3.63, 3.8) is 0 Å². The molecule has 146 valence electrons. The summed E-state index contributed by atoms with van der Waals surface area (Å²) in [6.45, 7) is 3.47. The number of fused-ring (bicyclic) bond motifs is 1. The largest absolute Gasteiger partial charge is 0.370 e. The summed E-state index contributed by atoms with van der Waals surface area (Å²) in [6, 6.07) is 24.9. The second kappa shape index (κ2) is 8.61. The highest BCUT2D eigenvalue weighted by atomic mass is 15.1. The molecular weight excluding hydrogens is 358 g/mol. The first-order valence-corrected chi connectivity index (χ1v) is 9.85. The third kappa shape index (κ3) is 4.63. The Morgan fingerprint density at radius 3 is 2.59 bits per heavy atom. The van der Waals surface area contributed by atoms with Gasteiger partial charge in [0.25, 0.3) is 0 Å². The first-order chi connectivity index (χ1) is 14.2. The Labute approximate surface area is 170 Å². The Bertz CT molecular complexity index is 1130. The highest BCUT2D eigenvalue weighted by molar-refractivity contribution is 5.92. The van der Waals surface area contributed by atoms with E-state index in [1.54, 1.807) is 0 Å². The number of para-hydroxylation sites is 2. The minimum absolute atomic E-state index is 0.423. The van der Waals surface area contributed by atoms with Crippen LogP contribution in [-0.4, -0.2) is 15.5 Å². The van der Waals surface area contributed by atoms with Gasteiger partial charge in [-0.3, -0.25) is 0 Å². The van der Waals surface area contributed by atoms with Crippen molar-refractivity contribution >= 4 is 22.7 Å². The van der Waals surface area contributed by atoms with E-state index in [1.807, 2.05) is 36.7 Å². The van der Waals surface area contributed by atoms with Gasteiger partial charge in [-0.1, -0.05) is 55.5 Å². The summed E-state index contributed by atoms with van der Waals surface area (Å²) in [5.74, 6) is 0.423. The fourth-order valence-corrected chi connectivity index (χ4v) is 3.32.